The first-order chi connectivity index (χ1) is 28.7. The molecule has 1 heterocycles. The van der Waals surface area contributed by atoms with E-state index >= 15 is 0 Å². The number of aromatic nitrogens is 1. The van der Waals surface area contributed by atoms with Crippen molar-refractivity contribution in [2.24, 2.45) is 0 Å². The molecule has 0 aliphatic heterocycles. The van der Waals surface area contributed by atoms with Gasteiger partial charge in [-0.05, 0) is 121 Å². The van der Waals surface area contributed by atoms with Gasteiger partial charge in [-0.25, -0.2) is 4.98 Å². The van der Waals surface area contributed by atoms with Gasteiger partial charge in [-0.1, -0.05) is 158 Å². The van der Waals surface area contributed by atoms with E-state index in [1.165, 1.54) is 43.8 Å². The van der Waals surface area contributed by atoms with Crippen LogP contribution >= 0.6 is 0 Å². The van der Waals surface area contributed by atoms with Crippen LogP contribution in [-0.2, 0) is 0 Å². The van der Waals surface area contributed by atoms with E-state index in [4.69, 9.17) is 9.40 Å². The van der Waals surface area contributed by atoms with Crippen LogP contribution in [0.25, 0.3) is 88.3 Å². The minimum atomic E-state index is 0.626. The molecule has 0 amide bonds. The molecule has 11 rings (SSSR count). The molecule has 11 aromatic rings. The number of rotatable bonds is 7. The lowest BCUT2D eigenvalue weighted by molar-refractivity contribution is 0.620. The van der Waals surface area contributed by atoms with Gasteiger partial charge in [0.05, 0.1) is 0 Å². The Morgan fingerprint density at radius 3 is 1.52 bits per heavy atom. The third kappa shape index (κ3) is 5.89. The lowest BCUT2D eigenvalue weighted by Gasteiger charge is -2.26. The number of hydrogen-bond donors (Lipinski definition) is 0. The lowest BCUT2D eigenvalue weighted by atomic mass is 9.93. The van der Waals surface area contributed by atoms with Gasteiger partial charge in [-0.3, -0.25) is 0 Å². The Hall–Kier alpha value is -7.75. The standard InChI is InChI=1S/C55H36N2O/c1-3-14-37(15-4-1)41-19-13-20-45(34-41)57(43-30-26-38(27-31-43)51-35-42-18-7-8-21-46(42)47-22-9-10-23-48(47)51)44-32-28-39(29-33-44)52-36-53-54(50-25-12-11-24-49(50)52)56-55(58-53)40-16-5-2-6-17-40/h1-36H. The summed E-state index contributed by atoms with van der Waals surface area (Å²) in [4.78, 5) is 7.31. The van der Waals surface area contributed by atoms with Crippen LogP contribution in [0.3, 0.4) is 0 Å². The molecule has 0 aliphatic carbocycles. The van der Waals surface area contributed by atoms with Gasteiger partial charge < -0.3 is 9.32 Å². The average molecular weight is 741 g/mol. The van der Waals surface area contributed by atoms with Gasteiger partial charge in [0, 0.05) is 28.0 Å². The summed E-state index contributed by atoms with van der Waals surface area (Å²) in [5.74, 6) is 0.626. The Kier molecular flexibility index (Phi) is 8.15. The van der Waals surface area contributed by atoms with Gasteiger partial charge in [0.1, 0.15) is 5.52 Å². The maximum Gasteiger partial charge on any atom is 0.227 e. The van der Waals surface area contributed by atoms with Crippen LogP contribution in [0.1, 0.15) is 0 Å². The Balaban J connectivity index is 1.02. The highest BCUT2D eigenvalue weighted by atomic mass is 16.3. The molecular formula is C55H36N2O. The van der Waals surface area contributed by atoms with E-state index in [9.17, 15) is 0 Å². The summed E-state index contributed by atoms with van der Waals surface area (Å²) in [6.45, 7) is 0. The molecule has 0 saturated heterocycles. The molecule has 0 atom stereocenters. The maximum absolute atomic E-state index is 6.42. The Morgan fingerprint density at radius 1 is 0.328 bits per heavy atom. The summed E-state index contributed by atoms with van der Waals surface area (Å²) < 4.78 is 6.42. The van der Waals surface area contributed by atoms with E-state index in [2.05, 4.69) is 193 Å². The van der Waals surface area contributed by atoms with Crippen molar-refractivity contribution in [3.63, 3.8) is 0 Å². The summed E-state index contributed by atoms with van der Waals surface area (Å²) in [6, 6.07) is 77.7. The summed E-state index contributed by atoms with van der Waals surface area (Å²) in [5.41, 5.74) is 12.8. The zero-order chi connectivity index (χ0) is 38.4. The van der Waals surface area contributed by atoms with Crippen molar-refractivity contribution in [1.29, 1.82) is 0 Å². The van der Waals surface area contributed by atoms with Crippen LogP contribution in [0.4, 0.5) is 17.1 Å². The highest BCUT2D eigenvalue weighted by Gasteiger charge is 2.18. The summed E-state index contributed by atoms with van der Waals surface area (Å²) in [6.07, 6.45) is 0. The van der Waals surface area contributed by atoms with Gasteiger partial charge in [-0.2, -0.15) is 0 Å². The number of fused-ring (bicyclic) bond motifs is 6. The molecule has 0 unspecified atom stereocenters. The number of anilines is 3. The predicted octanol–water partition coefficient (Wildman–Crippen LogP) is 15.4. The normalized spacial score (nSPS) is 11.4. The molecule has 1 aromatic heterocycles. The molecule has 272 valence electrons. The molecule has 0 bridgehead atoms. The lowest BCUT2D eigenvalue weighted by Crippen LogP contribution is -2.10. The highest BCUT2D eigenvalue weighted by molar-refractivity contribution is 6.14. The van der Waals surface area contributed by atoms with Crippen LogP contribution in [-0.4, -0.2) is 4.98 Å². The second kappa shape index (κ2) is 14.1. The fraction of sp³-hybridized carbons (Fsp3) is 0. The minimum Gasteiger partial charge on any atom is -0.436 e. The molecule has 3 heteroatoms. The van der Waals surface area contributed by atoms with Crippen LogP contribution in [0.15, 0.2) is 223 Å². The van der Waals surface area contributed by atoms with Crippen molar-refractivity contribution in [3.8, 4) is 44.8 Å². The zero-order valence-electron chi connectivity index (χ0n) is 31.6. The third-order valence-corrected chi connectivity index (χ3v) is 11.3. The number of benzene rings is 10. The smallest absolute Gasteiger partial charge is 0.227 e. The second-order valence-electron chi connectivity index (χ2n) is 14.7. The van der Waals surface area contributed by atoms with Crippen molar-refractivity contribution in [3.05, 3.63) is 218 Å². The van der Waals surface area contributed by atoms with E-state index in [1.54, 1.807) is 0 Å². The van der Waals surface area contributed by atoms with Gasteiger partial charge in [0.15, 0.2) is 5.58 Å². The molecule has 0 N–H and O–H groups in total. The molecular weight excluding hydrogens is 705 g/mol. The first-order valence-corrected chi connectivity index (χ1v) is 19.7. The van der Waals surface area contributed by atoms with Crippen LogP contribution in [0, 0.1) is 0 Å². The van der Waals surface area contributed by atoms with E-state index in [1.807, 2.05) is 30.3 Å². The van der Waals surface area contributed by atoms with Crippen LogP contribution in [0.5, 0.6) is 0 Å². The van der Waals surface area contributed by atoms with Gasteiger partial charge in [-0.15, -0.1) is 0 Å². The predicted molar refractivity (Wildman–Crippen MR) is 243 cm³/mol. The fourth-order valence-electron chi connectivity index (χ4n) is 8.47. The largest absolute Gasteiger partial charge is 0.436 e. The van der Waals surface area contributed by atoms with Crippen molar-refractivity contribution in [2.45, 2.75) is 0 Å². The number of oxazole rings is 1. The monoisotopic (exact) mass is 740 g/mol. The van der Waals surface area contributed by atoms with Gasteiger partial charge >= 0.3 is 0 Å². The molecule has 0 spiro atoms. The highest BCUT2D eigenvalue weighted by Crippen LogP contribution is 2.42. The summed E-state index contributed by atoms with van der Waals surface area (Å²) in [5, 5.41) is 7.25. The first-order valence-electron chi connectivity index (χ1n) is 19.7. The van der Waals surface area contributed by atoms with Crippen LogP contribution in [0.2, 0.25) is 0 Å². The van der Waals surface area contributed by atoms with E-state index in [0.29, 0.717) is 5.89 Å². The first kappa shape index (κ1) is 33.6. The van der Waals surface area contributed by atoms with Crippen molar-refractivity contribution in [1.82, 2.24) is 4.98 Å². The van der Waals surface area contributed by atoms with E-state index in [-0.39, 0.29) is 0 Å². The Labute approximate surface area is 336 Å². The summed E-state index contributed by atoms with van der Waals surface area (Å²) >= 11 is 0. The minimum absolute atomic E-state index is 0.626. The number of nitrogens with zero attached hydrogens (tertiary/aromatic N) is 2. The van der Waals surface area contributed by atoms with Crippen molar-refractivity contribution < 1.29 is 4.42 Å². The molecule has 0 saturated carbocycles. The molecule has 58 heavy (non-hydrogen) atoms. The number of hydrogen-bond acceptors (Lipinski definition) is 3. The molecule has 0 radical (unpaired) electrons. The quantitative estimate of drug-likeness (QED) is 0.152. The molecule has 3 nitrogen and oxygen atoms in total. The zero-order valence-corrected chi connectivity index (χ0v) is 31.6. The van der Waals surface area contributed by atoms with Gasteiger partial charge in [0.2, 0.25) is 5.89 Å². The SMILES string of the molecule is c1ccc(-c2cccc(N(c3ccc(-c4cc5ccccc5c5ccccc45)cc3)c3ccc(-c4cc5oc(-c6ccccc6)nc5c5ccccc45)cc3)c2)cc1. The maximum atomic E-state index is 6.42. The van der Waals surface area contributed by atoms with Gasteiger partial charge in [0.25, 0.3) is 0 Å². The fourth-order valence-corrected chi connectivity index (χ4v) is 8.47. The third-order valence-electron chi connectivity index (χ3n) is 11.3. The van der Waals surface area contributed by atoms with Crippen LogP contribution < -0.4 is 4.90 Å². The van der Waals surface area contributed by atoms with Crippen molar-refractivity contribution >= 4 is 60.5 Å². The average Bonchev–Trinajstić information content (AvgIpc) is 3.75. The Bertz CT molecular complexity index is 3260. The van der Waals surface area contributed by atoms with E-state index < -0.39 is 0 Å². The topological polar surface area (TPSA) is 29.3 Å². The second-order valence-corrected chi connectivity index (χ2v) is 14.7. The van der Waals surface area contributed by atoms with E-state index in [0.717, 1.165) is 55.6 Å². The molecule has 0 aliphatic rings. The molecule has 0 fully saturated rings. The summed E-state index contributed by atoms with van der Waals surface area (Å²) in [7, 11) is 0. The Morgan fingerprint density at radius 2 is 0.845 bits per heavy atom. The molecule has 10 aromatic carbocycles. The van der Waals surface area contributed by atoms with Crippen molar-refractivity contribution in [2.75, 3.05) is 4.90 Å².